The molecule has 0 bridgehead atoms. The van der Waals surface area contributed by atoms with Gasteiger partial charge in [0.05, 0.1) is 25.0 Å². The molecule has 0 unspecified atom stereocenters. The molecule has 3 heterocycles. The van der Waals surface area contributed by atoms with Crippen LogP contribution in [-0.4, -0.2) is 30.9 Å². The third-order valence-electron chi connectivity index (χ3n) is 3.97. The van der Waals surface area contributed by atoms with E-state index in [0.717, 1.165) is 22.4 Å². The summed E-state index contributed by atoms with van der Waals surface area (Å²) in [5.74, 6) is 1.07. The molecule has 0 saturated heterocycles. The Kier molecular flexibility index (Phi) is 7.87. The van der Waals surface area contributed by atoms with Gasteiger partial charge in [-0.2, -0.15) is 0 Å². The quantitative estimate of drug-likeness (QED) is 0.140. The molecule has 156 valence electrons. The number of phenolic OH excluding ortho intramolecular Hbond substituents is 2. The number of pyridine rings is 2. The number of fused-ring (bicyclic) bond motifs is 3. The van der Waals surface area contributed by atoms with E-state index in [2.05, 4.69) is 32.6 Å². The summed E-state index contributed by atoms with van der Waals surface area (Å²) in [7, 11) is 0. The molecule has 4 aromatic rings. The first kappa shape index (κ1) is 22.7. The van der Waals surface area contributed by atoms with E-state index in [1.807, 2.05) is 12.1 Å². The van der Waals surface area contributed by atoms with Gasteiger partial charge in [0.1, 0.15) is 0 Å². The number of phenols is 2. The second kappa shape index (κ2) is 10.4. The number of benzene rings is 2. The van der Waals surface area contributed by atoms with Crippen LogP contribution in [0.4, 0.5) is 0 Å². The summed E-state index contributed by atoms with van der Waals surface area (Å²) < 4.78 is 11.2. The lowest BCUT2D eigenvalue weighted by Crippen LogP contribution is -1.92. The zero-order chi connectivity index (χ0) is 21.7. The molecule has 5 rings (SSSR count). The van der Waals surface area contributed by atoms with Crippen molar-refractivity contribution < 1.29 is 19.7 Å². The number of rotatable bonds is 0. The van der Waals surface area contributed by atoms with Gasteiger partial charge in [-0.25, -0.2) is 0 Å². The van der Waals surface area contributed by atoms with Crippen molar-refractivity contribution in [1.29, 1.82) is 0 Å². The summed E-state index contributed by atoms with van der Waals surface area (Å²) in [6.45, 7) is 0.267. The smallest absolute Gasteiger partial charge is 0.231 e. The molecule has 0 fully saturated rings. The molecule has 0 spiro atoms. The predicted molar refractivity (Wildman–Crippen MR) is 128 cm³/mol. The molecular weight excluding hydrogens is 565 g/mol. The number of aromatic hydroxyl groups is 2. The summed E-state index contributed by atoms with van der Waals surface area (Å²) in [5.41, 5.74) is 1.38. The zero-order valence-corrected chi connectivity index (χ0v) is 19.6. The fraction of sp³-hybridized carbons (Fsp3) is 0.100. The molecule has 10 heteroatoms. The summed E-state index contributed by atoms with van der Waals surface area (Å²) in [5, 5.41) is 21.1. The minimum Gasteiger partial charge on any atom is -0.504 e. The van der Waals surface area contributed by atoms with E-state index < -0.39 is 0 Å². The van der Waals surface area contributed by atoms with Gasteiger partial charge in [-0.3, -0.25) is 9.97 Å². The summed E-state index contributed by atoms with van der Waals surface area (Å²) in [6, 6.07) is 9.83. The van der Waals surface area contributed by atoms with Crippen LogP contribution in [0.1, 0.15) is 0 Å². The highest BCUT2D eigenvalue weighted by molar-refractivity contribution is 14.1. The molecule has 0 amide bonds. The highest BCUT2D eigenvalue weighted by Crippen LogP contribution is 2.37. The number of nitrogens with zero attached hydrogens (tertiary/aromatic N) is 2. The lowest BCUT2D eigenvalue weighted by Gasteiger charge is -2.01. The molecule has 0 aliphatic carbocycles. The molecule has 1 aliphatic heterocycles. The van der Waals surface area contributed by atoms with Crippen LogP contribution in [0, 0.1) is 0 Å². The van der Waals surface area contributed by atoms with Crippen molar-refractivity contribution in [3.63, 3.8) is 0 Å². The number of halogens is 4. The van der Waals surface area contributed by atoms with Gasteiger partial charge in [0.2, 0.25) is 6.79 Å². The van der Waals surface area contributed by atoms with E-state index in [0.29, 0.717) is 24.8 Å². The average Bonchev–Trinajstić information content (AvgIpc) is 3.17. The van der Waals surface area contributed by atoms with Gasteiger partial charge in [0.25, 0.3) is 0 Å². The first-order valence-electron chi connectivity index (χ1n) is 8.36. The van der Waals surface area contributed by atoms with Crippen molar-refractivity contribution in [2.24, 2.45) is 0 Å². The van der Waals surface area contributed by atoms with E-state index in [4.69, 9.17) is 44.3 Å². The monoisotopic (exact) mass is 578 g/mol. The van der Waals surface area contributed by atoms with Crippen LogP contribution >= 0.6 is 57.4 Å². The van der Waals surface area contributed by atoms with Crippen molar-refractivity contribution in [3.05, 3.63) is 58.8 Å². The lowest BCUT2D eigenvalue weighted by molar-refractivity contribution is 0.174. The Balaban J connectivity index is 0.000000152. The Morgan fingerprint density at radius 2 is 1.30 bits per heavy atom. The fourth-order valence-corrected chi connectivity index (χ4v) is 3.05. The highest BCUT2D eigenvalue weighted by atomic mass is 127. The van der Waals surface area contributed by atoms with E-state index in [1.54, 1.807) is 24.5 Å². The van der Waals surface area contributed by atoms with E-state index in [1.165, 1.54) is 12.1 Å². The average molecular weight is 580 g/mol. The molecule has 2 N–H and O–H groups in total. The number of hydrogen-bond donors (Lipinski definition) is 2. The van der Waals surface area contributed by atoms with Crippen molar-refractivity contribution in [2.45, 2.75) is 0 Å². The van der Waals surface area contributed by atoms with Crippen molar-refractivity contribution in [1.82, 2.24) is 9.97 Å². The van der Waals surface area contributed by atoms with E-state index in [-0.39, 0.29) is 18.3 Å². The normalized spacial score (nSPS) is 11.5. The Hall–Kier alpha value is -1.94. The summed E-state index contributed by atoms with van der Waals surface area (Å²) in [6.07, 6.45) is 3.22. The molecule has 0 atom stereocenters. The first-order valence-corrected chi connectivity index (χ1v) is 11.2. The Bertz CT molecular complexity index is 1190. The number of ether oxygens (including phenoxy) is 2. The standard InChI is InChI=1S/C10H6ClNO2.C9H6ClNO2.CH2ClI/c11-7-1-2-12-8-4-10-9(3-6(7)8)13-5-14-10;10-6-1-2-11-7-4-9(13)8(12)3-5(6)7;2-1-3/h1-4H,5H2;1-4,12-13H;1H2. The number of hydrogen-bond acceptors (Lipinski definition) is 6. The Morgan fingerprint density at radius 1 is 0.833 bits per heavy atom. The molecule has 30 heavy (non-hydrogen) atoms. The molecule has 2 aromatic heterocycles. The fourth-order valence-electron chi connectivity index (χ4n) is 2.64. The van der Waals surface area contributed by atoms with Gasteiger partial charge < -0.3 is 19.7 Å². The molecule has 2 aromatic carbocycles. The highest BCUT2D eigenvalue weighted by Gasteiger charge is 2.15. The molecule has 0 saturated carbocycles. The van der Waals surface area contributed by atoms with Crippen molar-refractivity contribution in [2.75, 3.05) is 10.7 Å². The Labute approximate surface area is 200 Å². The molecular formula is C20H14Cl3IN2O4. The third kappa shape index (κ3) is 5.21. The second-order valence-electron chi connectivity index (χ2n) is 5.77. The molecule has 1 aliphatic rings. The van der Waals surface area contributed by atoms with Crippen LogP contribution in [0.15, 0.2) is 48.8 Å². The van der Waals surface area contributed by atoms with Crippen LogP contribution < -0.4 is 9.47 Å². The van der Waals surface area contributed by atoms with Crippen LogP contribution in [0.25, 0.3) is 21.8 Å². The maximum Gasteiger partial charge on any atom is 0.231 e. The number of alkyl halides is 2. The van der Waals surface area contributed by atoms with Gasteiger partial charge in [-0.15, -0.1) is 11.6 Å². The Morgan fingerprint density at radius 3 is 1.90 bits per heavy atom. The first-order chi connectivity index (χ1) is 14.4. The minimum atomic E-state index is -0.192. The van der Waals surface area contributed by atoms with Gasteiger partial charge >= 0.3 is 0 Å². The van der Waals surface area contributed by atoms with Crippen LogP contribution in [0.5, 0.6) is 23.0 Å². The van der Waals surface area contributed by atoms with Crippen molar-refractivity contribution in [3.8, 4) is 23.0 Å². The van der Waals surface area contributed by atoms with E-state index in [9.17, 15) is 10.2 Å². The largest absolute Gasteiger partial charge is 0.504 e. The zero-order valence-electron chi connectivity index (χ0n) is 15.2. The topological polar surface area (TPSA) is 84.7 Å². The van der Waals surface area contributed by atoms with Gasteiger partial charge in [0.15, 0.2) is 23.0 Å². The maximum absolute atomic E-state index is 9.21. The summed E-state index contributed by atoms with van der Waals surface area (Å²) >= 11 is 18.9. The van der Waals surface area contributed by atoms with E-state index >= 15 is 0 Å². The van der Waals surface area contributed by atoms with Crippen LogP contribution in [0.2, 0.25) is 10.0 Å². The summed E-state index contributed by atoms with van der Waals surface area (Å²) in [4.78, 5) is 8.19. The van der Waals surface area contributed by atoms with Crippen LogP contribution in [0.3, 0.4) is 0 Å². The molecule has 6 nitrogen and oxygen atoms in total. The maximum atomic E-state index is 9.21. The predicted octanol–water partition coefficient (Wildman–Crippen LogP) is 6.53. The molecule has 0 radical (unpaired) electrons. The lowest BCUT2D eigenvalue weighted by atomic mass is 10.2. The minimum absolute atomic E-state index is 0.192. The van der Waals surface area contributed by atoms with Gasteiger partial charge in [-0.1, -0.05) is 45.8 Å². The van der Waals surface area contributed by atoms with Gasteiger partial charge in [0, 0.05) is 35.3 Å². The number of aromatic nitrogens is 2. The third-order valence-corrected chi connectivity index (χ3v) is 4.63. The SMILES string of the molecule is ClCI.Clc1ccnc2cc3c(cc12)OCO3.Oc1cc2nccc(Cl)c2cc1O. The van der Waals surface area contributed by atoms with Gasteiger partial charge in [-0.05, 0) is 24.3 Å². The van der Waals surface area contributed by atoms with Crippen molar-refractivity contribution >= 4 is 79.2 Å². The second-order valence-corrected chi connectivity index (χ2v) is 8.51. The van der Waals surface area contributed by atoms with Crippen LogP contribution in [-0.2, 0) is 0 Å².